The number of nitrogen functional groups attached to an aromatic ring is 1. The average Bonchev–Trinajstić information content (AvgIpc) is 2.89. The van der Waals surface area contributed by atoms with Crippen LogP contribution < -0.4 is 5.73 Å². The molecule has 2 N–H and O–H groups in total. The first kappa shape index (κ1) is 12.9. The molecule has 0 radical (unpaired) electrons. The molecule has 6 nitrogen and oxygen atoms in total. The van der Waals surface area contributed by atoms with Crippen LogP contribution in [0.25, 0.3) is 0 Å². The summed E-state index contributed by atoms with van der Waals surface area (Å²) in [6.07, 6.45) is 3.98. The Morgan fingerprint density at radius 1 is 1.67 bits per heavy atom. The lowest BCUT2D eigenvalue weighted by atomic mass is 10.2. The van der Waals surface area contributed by atoms with Crippen molar-refractivity contribution in [3.05, 3.63) is 12.0 Å². The van der Waals surface area contributed by atoms with Crippen molar-refractivity contribution in [1.29, 1.82) is 0 Å². The molecule has 0 saturated carbocycles. The van der Waals surface area contributed by atoms with Gasteiger partial charge in [-0.3, -0.25) is 0 Å². The molecule has 1 atom stereocenters. The molecule has 0 aliphatic carbocycles. The van der Waals surface area contributed by atoms with Crippen LogP contribution in [0.5, 0.6) is 0 Å². The molecular weight excluding hydrogens is 232 g/mol. The molecule has 1 saturated heterocycles. The number of aromatic nitrogens is 2. The van der Waals surface area contributed by atoms with Crippen LogP contribution in [0.1, 0.15) is 30.3 Å². The van der Waals surface area contributed by atoms with E-state index in [9.17, 15) is 4.79 Å². The number of esters is 1. The first-order valence-electron chi connectivity index (χ1n) is 6.31. The van der Waals surface area contributed by atoms with Gasteiger partial charge in [0.1, 0.15) is 5.82 Å². The first-order chi connectivity index (χ1) is 8.63. The number of carbonyl (C=O) groups excluding carboxylic acids is 1. The van der Waals surface area contributed by atoms with Crippen LogP contribution >= 0.6 is 0 Å². The predicted octanol–water partition coefficient (Wildman–Crippen LogP) is 0.736. The lowest BCUT2D eigenvalue weighted by Gasteiger charge is -2.20. The van der Waals surface area contributed by atoms with Gasteiger partial charge in [-0.15, -0.1) is 0 Å². The number of likely N-dealkylation sites (tertiary alicyclic amines) is 1. The summed E-state index contributed by atoms with van der Waals surface area (Å²) >= 11 is 0. The maximum atomic E-state index is 11.6. The third-order valence-corrected chi connectivity index (χ3v) is 3.43. The number of nitrogens with zero attached hydrogens (tertiary/aromatic N) is 3. The van der Waals surface area contributed by atoms with Gasteiger partial charge in [-0.25, -0.2) is 9.78 Å². The summed E-state index contributed by atoms with van der Waals surface area (Å²) in [4.78, 5) is 17.9. The highest BCUT2D eigenvalue weighted by Crippen LogP contribution is 2.19. The molecule has 1 aromatic heterocycles. The Hall–Kier alpha value is -1.56. The van der Waals surface area contributed by atoms with Gasteiger partial charge in [0.25, 0.3) is 0 Å². The van der Waals surface area contributed by atoms with E-state index >= 15 is 0 Å². The van der Waals surface area contributed by atoms with E-state index in [1.54, 1.807) is 13.3 Å². The second-order valence-electron chi connectivity index (χ2n) is 4.63. The second kappa shape index (κ2) is 5.39. The number of rotatable bonds is 4. The monoisotopic (exact) mass is 252 g/mol. The molecule has 2 heterocycles. The summed E-state index contributed by atoms with van der Waals surface area (Å²) in [6.45, 7) is 3.98. The smallest absolute Gasteiger partial charge is 0.360 e. The van der Waals surface area contributed by atoms with Crippen LogP contribution in [0.15, 0.2) is 6.33 Å². The van der Waals surface area contributed by atoms with E-state index in [1.807, 2.05) is 4.57 Å². The standard InChI is InChI=1S/C12H20N4O2/c1-3-18-12(17)10-11(13)16(8-14-10)7-9-5-4-6-15(9)2/h8-9H,3-7,13H2,1-2H3. The third kappa shape index (κ3) is 2.48. The van der Waals surface area contributed by atoms with Gasteiger partial charge in [0.05, 0.1) is 12.9 Å². The molecule has 1 fully saturated rings. The maximum absolute atomic E-state index is 11.6. The largest absolute Gasteiger partial charge is 0.461 e. The SMILES string of the molecule is CCOC(=O)c1ncn(CC2CCCN2C)c1N. The lowest BCUT2D eigenvalue weighted by Crippen LogP contribution is -2.29. The highest BCUT2D eigenvalue weighted by atomic mass is 16.5. The Balaban J connectivity index is 2.08. The van der Waals surface area contributed by atoms with Crippen molar-refractivity contribution in [3.63, 3.8) is 0 Å². The van der Waals surface area contributed by atoms with Crippen LogP contribution in [0.2, 0.25) is 0 Å². The van der Waals surface area contributed by atoms with Crippen molar-refractivity contribution in [2.75, 3.05) is 25.9 Å². The minimum atomic E-state index is -0.450. The molecule has 1 aliphatic rings. The molecular formula is C12H20N4O2. The average molecular weight is 252 g/mol. The van der Waals surface area contributed by atoms with Gasteiger partial charge in [-0.05, 0) is 33.4 Å². The zero-order chi connectivity index (χ0) is 13.1. The number of carbonyl (C=O) groups is 1. The Morgan fingerprint density at radius 3 is 3.06 bits per heavy atom. The Morgan fingerprint density at radius 2 is 2.44 bits per heavy atom. The van der Waals surface area contributed by atoms with Gasteiger partial charge >= 0.3 is 5.97 Å². The van der Waals surface area contributed by atoms with E-state index in [2.05, 4.69) is 16.9 Å². The molecule has 0 spiro atoms. The molecule has 0 amide bonds. The number of likely N-dealkylation sites (N-methyl/N-ethyl adjacent to an activating group) is 1. The van der Waals surface area contributed by atoms with Crippen LogP contribution in [0.3, 0.4) is 0 Å². The molecule has 0 aromatic carbocycles. The van der Waals surface area contributed by atoms with Crippen molar-refractivity contribution in [2.24, 2.45) is 0 Å². The van der Waals surface area contributed by atoms with Gasteiger partial charge in [0, 0.05) is 12.6 Å². The summed E-state index contributed by atoms with van der Waals surface area (Å²) in [5.41, 5.74) is 6.16. The molecule has 2 rings (SSSR count). The van der Waals surface area contributed by atoms with E-state index in [4.69, 9.17) is 10.5 Å². The molecule has 18 heavy (non-hydrogen) atoms. The van der Waals surface area contributed by atoms with E-state index in [0.29, 0.717) is 18.5 Å². The highest BCUT2D eigenvalue weighted by Gasteiger charge is 2.23. The fourth-order valence-electron chi connectivity index (χ4n) is 2.33. The predicted molar refractivity (Wildman–Crippen MR) is 68.2 cm³/mol. The topological polar surface area (TPSA) is 73.4 Å². The summed E-state index contributed by atoms with van der Waals surface area (Å²) in [5, 5.41) is 0. The highest BCUT2D eigenvalue weighted by molar-refractivity contribution is 5.92. The molecule has 0 bridgehead atoms. The molecule has 6 heteroatoms. The zero-order valence-electron chi connectivity index (χ0n) is 10.9. The van der Waals surface area contributed by atoms with Gasteiger partial charge in [-0.2, -0.15) is 0 Å². The third-order valence-electron chi connectivity index (χ3n) is 3.43. The Labute approximate surface area is 107 Å². The van der Waals surface area contributed by atoms with Crippen LogP contribution in [-0.4, -0.2) is 46.7 Å². The maximum Gasteiger partial charge on any atom is 0.360 e. The van der Waals surface area contributed by atoms with Gasteiger partial charge in [0.2, 0.25) is 0 Å². The van der Waals surface area contributed by atoms with Crippen molar-refractivity contribution in [2.45, 2.75) is 32.4 Å². The van der Waals surface area contributed by atoms with Crippen molar-refractivity contribution in [3.8, 4) is 0 Å². The zero-order valence-corrected chi connectivity index (χ0v) is 10.9. The lowest BCUT2D eigenvalue weighted by molar-refractivity contribution is 0.0521. The van der Waals surface area contributed by atoms with E-state index in [0.717, 1.165) is 19.5 Å². The fourth-order valence-corrected chi connectivity index (χ4v) is 2.33. The van der Waals surface area contributed by atoms with Crippen LogP contribution in [0, 0.1) is 0 Å². The fraction of sp³-hybridized carbons (Fsp3) is 0.667. The summed E-state index contributed by atoms with van der Waals surface area (Å²) in [7, 11) is 2.11. The van der Waals surface area contributed by atoms with Gasteiger partial charge < -0.3 is 19.9 Å². The molecule has 1 unspecified atom stereocenters. The van der Waals surface area contributed by atoms with Gasteiger partial charge in [-0.1, -0.05) is 0 Å². The number of anilines is 1. The summed E-state index contributed by atoms with van der Waals surface area (Å²) in [5.74, 6) is -0.0534. The van der Waals surface area contributed by atoms with E-state index in [-0.39, 0.29) is 5.69 Å². The van der Waals surface area contributed by atoms with Crippen molar-refractivity contribution < 1.29 is 9.53 Å². The van der Waals surface area contributed by atoms with E-state index in [1.165, 1.54) is 6.42 Å². The van der Waals surface area contributed by atoms with Crippen LogP contribution in [-0.2, 0) is 11.3 Å². The summed E-state index contributed by atoms with van der Waals surface area (Å²) < 4.78 is 6.74. The number of ether oxygens (including phenoxy) is 1. The number of imidazole rings is 1. The van der Waals surface area contributed by atoms with Gasteiger partial charge in [0.15, 0.2) is 5.69 Å². The first-order valence-corrected chi connectivity index (χ1v) is 6.31. The summed E-state index contributed by atoms with van der Waals surface area (Å²) in [6, 6.07) is 0.469. The quantitative estimate of drug-likeness (QED) is 0.800. The minimum Gasteiger partial charge on any atom is -0.461 e. The number of hydrogen-bond acceptors (Lipinski definition) is 5. The van der Waals surface area contributed by atoms with Crippen molar-refractivity contribution >= 4 is 11.8 Å². The Kier molecular flexibility index (Phi) is 3.86. The van der Waals surface area contributed by atoms with Crippen molar-refractivity contribution in [1.82, 2.24) is 14.5 Å². The minimum absolute atomic E-state index is 0.220. The Bertz CT molecular complexity index is 430. The van der Waals surface area contributed by atoms with E-state index < -0.39 is 5.97 Å². The number of nitrogens with two attached hydrogens (primary N) is 1. The molecule has 1 aliphatic heterocycles. The number of hydrogen-bond donors (Lipinski definition) is 1. The van der Waals surface area contributed by atoms with Crippen LogP contribution in [0.4, 0.5) is 5.82 Å². The second-order valence-corrected chi connectivity index (χ2v) is 4.63. The molecule has 100 valence electrons. The normalized spacial score (nSPS) is 20.2. The molecule has 1 aromatic rings.